The van der Waals surface area contributed by atoms with Gasteiger partial charge in [0.1, 0.15) is 11.5 Å². The van der Waals surface area contributed by atoms with Crippen LogP contribution in [-0.4, -0.2) is 11.1 Å². The molecule has 0 amide bonds. The highest BCUT2D eigenvalue weighted by atomic mass is 32.1. The van der Waals surface area contributed by atoms with Gasteiger partial charge in [0.25, 0.3) is 0 Å². The van der Waals surface area contributed by atoms with E-state index < -0.39 is 23.4 Å². The average Bonchev–Trinajstić information content (AvgIpc) is 2.70. The molecule has 0 unspecified atom stereocenters. The van der Waals surface area contributed by atoms with E-state index in [1.54, 1.807) is 6.92 Å². The molecule has 1 N–H and O–H groups in total. The Morgan fingerprint density at radius 1 is 1.37 bits per heavy atom. The Labute approximate surface area is 112 Å². The number of carbonyl (C=O) groups is 1. The molecule has 0 fully saturated rings. The van der Waals surface area contributed by atoms with Gasteiger partial charge in [-0.25, -0.2) is 13.6 Å². The van der Waals surface area contributed by atoms with Crippen LogP contribution in [0.4, 0.5) is 8.78 Å². The molecule has 0 saturated carbocycles. The first-order valence-corrected chi connectivity index (χ1v) is 6.20. The molecule has 1 aromatic carbocycles. The monoisotopic (exact) mass is 284 g/mol. The van der Waals surface area contributed by atoms with Gasteiger partial charge in [-0.1, -0.05) is 6.07 Å². The van der Waals surface area contributed by atoms with Crippen molar-refractivity contribution in [1.29, 1.82) is 0 Å². The van der Waals surface area contributed by atoms with Crippen molar-refractivity contribution in [2.45, 2.75) is 13.5 Å². The fourth-order valence-corrected chi connectivity index (χ4v) is 2.41. The van der Waals surface area contributed by atoms with E-state index in [1.807, 2.05) is 0 Å². The van der Waals surface area contributed by atoms with Crippen LogP contribution in [0.1, 0.15) is 20.1 Å². The first-order valence-electron chi connectivity index (χ1n) is 5.38. The zero-order chi connectivity index (χ0) is 14.0. The molecule has 2 rings (SSSR count). The highest BCUT2D eigenvalue weighted by molar-refractivity contribution is 7.14. The molecule has 100 valence electrons. The van der Waals surface area contributed by atoms with Crippen LogP contribution in [0.3, 0.4) is 0 Å². The van der Waals surface area contributed by atoms with Gasteiger partial charge in [-0.05, 0) is 25.1 Å². The van der Waals surface area contributed by atoms with Gasteiger partial charge in [0.05, 0.1) is 0 Å². The van der Waals surface area contributed by atoms with E-state index in [2.05, 4.69) is 0 Å². The summed E-state index contributed by atoms with van der Waals surface area (Å²) >= 11 is 1.10. The van der Waals surface area contributed by atoms with Crippen molar-refractivity contribution in [3.63, 3.8) is 0 Å². The largest absolute Gasteiger partial charge is 0.483 e. The van der Waals surface area contributed by atoms with Crippen molar-refractivity contribution in [2.24, 2.45) is 0 Å². The van der Waals surface area contributed by atoms with E-state index in [0.29, 0.717) is 5.56 Å². The van der Waals surface area contributed by atoms with Gasteiger partial charge in [-0.15, -0.1) is 11.3 Å². The predicted octanol–water partition coefficient (Wildman–Crippen LogP) is 3.61. The van der Waals surface area contributed by atoms with Crippen LogP contribution in [0.15, 0.2) is 24.3 Å². The number of carboxylic acid groups (broad SMARTS) is 1. The van der Waals surface area contributed by atoms with Crippen LogP contribution in [-0.2, 0) is 6.61 Å². The fourth-order valence-electron chi connectivity index (χ4n) is 1.54. The lowest BCUT2D eigenvalue weighted by Crippen LogP contribution is -2.00. The van der Waals surface area contributed by atoms with Gasteiger partial charge in [-0.2, -0.15) is 0 Å². The van der Waals surface area contributed by atoms with Gasteiger partial charge in [0, 0.05) is 10.4 Å². The zero-order valence-electron chi connectivity index (χ0n) is 9.94. The highest BCUT2D eigenvalue weighted by Crippen LogP contribution is 2.26. The quantitative estimate of drug-likeness (QED) is 0.933. The molecule has 0 saturated heterocycles. The number of aromatic carboxylic acids is 1. The molecule has 3 nitrogen and oxygen atoms in total. The molecule has 1 aromatic heterocycles. The number of carboxylic acids is 1. The molecular weight excluding hydrogens is 274 g/mol. The number of aryl methyl sites for hydroxylation is 1. The van der Waals surface area contributed by atoms with Gasteiger partial charge in [0.2, 0.25) is 0 Å². The van der Waals surface area contributed by atoms with Gasteiger partial charge >= 0.3 is 5.97 Å². The van der Waals surface area contributed by atoms with Crippen molar-refractivity contribution in [3.05, 3.63) is 51.2 Å². The highest BCUT2D eigenvalue weighted by Gasteiger charge is 2.14. The minimum Gasteiger partial charge on any atom is -0.483 e. The van der Waals surface area contributed by atoms with Crippen LogP contribution in [0.5, 0.6) is 5.75 Å². The maximum Gasteiger partial charge on any atom is 0.345 e. The SMILES string of the molecule is Cc1sc(C(=O)O)cc1COc1c(F)cccc1F. The van der Waals surface area contributed by atoms with E-state index >= 15 is 0 Å². The zero-order valence-corrected chi connectivity index (χ0v) is 10.8. The third kappa shape index (κ3) is 2.90. The maximum atomic E-state index is 13.3. The Bertz CT molecular complexity index is 602. The van der Waals surface area contributed by atoms with Crippen molar-refractivity contribution in [3.8, 4) is 5.75 Å². The summed E-state index contributed by atoms with van der Waals surface area (Å²) in [6.45, 7) is 1.65. The smallest absolute Gasteiger partial charge is 0.345 e. The number of thiophene rings is 1. The Kier molecular flexibility index (Phi) is 3.80. The van der Waals surface area contributed by atoms with E-state index in [-0.39, 0.29) is 11.5 Å². The number of halogens is 2. The van der Waals surface area contributed by atoms with Crippen LogP contribution in [0, 0.1) is 18.6 Å². The van der Waals surface area contributed by atoms with Crippen molar-refractivity contribution >= 4 is 17.3 Å². The van der Waals surface area contributed by atoms with Crippen LogP contribution in [0.25, 0.3) is 0 Å². The number of benzene rings is 1. The number of hydrogen-bond donors (Lipinski definition) is 1. The molecule has 0 aliphatic heterocycles. The van der Waals surface area contributed by atoms with Crippen LogP contribution >= 0.6 is 11.3 Å². The molecule has 0 atom stereocenters. The second-order valence-electron chi connectivity index (χ2n) is 3.84. The molecule has 0 aliphatic carbocycles. The Balaban J connectivity index is 2.17. The number of ether oxygens (including phenoxy) is 1. The maximum absolute atomic E-state index is 13.3. The summed E-state index contributed by atoms with van der Waals surface area (Å²) in [5.74, 6) is -3.06. The molecule has 19 heavy (non-hydrogen) atoms. The third-order valence-corrected chi connectivity index (χ3v) is 3.60. The van der Waals surface area contributed by atoms with E-state index in [1.165, 1.54) is 12.1 Å². The standard InChI is InChI=1S/C13H10F2O3S/c1-7-8(5-11(19-7)13(16)17)6-18-12-9(14)3-2-4-10(12)15/h2-5H,6H2,1H3,(H,16,17). The normalized spacial score (nSPS) is 10.5. The number of para-hydroxylation sites is 1. The average molecular weight is 284 g/mol. The summed E-state index contributed by atoms with van der Waals surface area (Å²) in [6, 6.07) is 4.89. The first-order chi connectivity index (χ1) is 8.99. The minimum atomic E-state index is -1.03. The van der Waals surface area contributed by atoms with Crippen molar-refractivity contribution < 1.29 is 23.4 Å². The third-order valence-electron chi connectivity index (χ3n) is 2.52. The summed E-state index contributed by atoms with van der Waals surface area (Å²) in [5.41, 5.74) is 0.602. The molecule has 1 heterocycles. The predicted molar refractivity (Wildman–Crippen MR) is 66.7 cm³/mol. The van der Waals surface area contributed by atoms with Crippen molar-refractivity contribution in [2.75, 3.05) is 0 Å². The Hall–Kier alpha value is -1.95. The van der Waals surface area contributed by atoms with Gasteiger partial charge in [-0.3, -0.25) is 0 Å². The molecule has 2 aromatic rings. The summed E-state index contributed by atoms with van der Waals surface area (Å²) in [5, 5.41) is 8.85. The molecule has 0 spiro atoms. The van der Waals surface area contributed by atoms with E-state index in [0.717, 1.165) is 28.3 Å². The second-order valence-corrected chi connectivity index (χ2v) is 5.09. The summed E-state index contributed by atoms with van der Waals surface area (Å²) in [4.78, 5) is 11.7. The minimum absolute atomic E-state index is 0.0759. The molecule has 6 heteroatoms. The summed E-state index contributed by atoms with van der Waals surface area (Å²) < 4.78 is 31.8. The van der Waals surface area contributed by atoms with Crippen molar-refractivity contribution in [1.82, 2.24) is 0 Å². The fraction of sp³-hybridized carbons (Fsp3) is 0.154. The first kappa shape index (κ1) is 13.5. The molecule has 0 bridgehead atoms. The molecule has 0 aliphatic rings. The van der Waals surface area contributed by atoms with E-state index in [4.69, 9.17) is 9.84 Å². The second kappa shape index (κ2) is 5.36. The lowest BCUT2D eigenvalue weighted by Gasteiger charge is -2.07. The lowest BCUT2D eigenvalue weighted by atomic mass is 10.2. The Morgan fingerprint density at radius 2 is 2.00 bits per heavy atom. The van der Waals surface area contributed by atoms with E-state index in [9.17, 15) is 13.6 Å². The van der Waals surface area contributed by atoms with Gasteiger partial charge < -0.3 is 9.84 Å². The summed E-state index contributed by atoms with van der Waals surface area (Å²) in [6.07, 6.45) is 0. The Morgan fingerprint density at radius 3 is 2.53 bits per heavy atom. The number of hydrogen-bond acceptors (Lipinski definition) is 3. The topological polar surface area (TPSA) is 46.5 Å². The van der Waals surface area contributed by atoms with Crippen LogP contribution < -0.4 is 4.74 Å². The number of rotatable bonds is 4. The summed E-state index contributed by atoms with van der Waals surface area (Å²) in [7, 11) is 0. The van der Waals surface area contributed by atoms with Crippen LogP contribution in [0.2, 0.25) is 0 Å². The lowest BCUT2D eigenvalue weighted by molar-refractivity contribution is 0.0702. The van der Waals surface area contributed by atoms with Gasteiger partial charge in [0.15, 0.2) is 17.4 Å². The molecule has 0 radical (unpaired) electrons. The molecular formula is C13H10F2O3S.